The summed E-state index contributed by atoms with van der Waals surface area (Å²) in [5.41, 5.74) is 13.5. The van der Waals surface area contributed by atoms with Crippen molar-refractivity contribution in [1.29, 1.82) is 0 Å². The Morgan fingerprint density at radius 2 is 1.03 bits per heavy atom. The lowest BCUT2D eigenvalue weighted by Gasteiger charge is -2.22. The number of fused-ring (bicyclic) bond motifs is 2. The van der Waals surface area contributed by atoms with Gasteiger partial charge in [-0.2, -0.15) is 8.42 Å². The van der Waals surface area contributed by atoms with Gasteiger partial charge >= 0.3 is 10.4 Å². The summed E-state index contributed by atoms with van der Waals surface area (Å²) in [5, 5.41) is 42.1. The fraction of sp³-hybridized carbons (Fsp3) is 0.688. The van der Waals surface area contributed by atoms with Crippen LogP contribution < -0.4 is 23.3 Å². The minimum atomic E-state index is -4.67. The van der Waals surface area contributed by atoms with Crippen LogP contribution in [0.4, 0.5) is 11.6 Å². The number of rotatable bonds is 16. The highest BCUT2D eigenvalue weighted by molar-refractivity contribution is 7.79. The number of imidazole rings is 2. The molecule has 2 saturated heterocycles. The molecule has 4 aromatic rings. The highest BCUT2D eigenvalue weighted by Crippen LogP contribution is 2.35. The first-order valence-corrected chi connectivity index (χ1v) is 19.9. The molecule has 0 aliphatic carbocycles. The van der Waals surface area contributed by atoms with Crippen molar-refractivity contribution in [2.24, 2.45) is 11.8 Å². The van der Waals surface area contributed by atoms with Gasteiger partial charge in [-0.05, 0) is 66.7 Å². The van der Waals surface area contributed by atoms with Gasteiger partial charge in [0.2, 0.25) is 0 Å². The molecule has 27 heteroatoms. The molecule has 332 valence electrons. The Hall–Kier alpha value is -3.91. The maximum atomic E-state index is 10.6. The van der Waals surface area contributed by atoms with Gasteiger partial charge < -0.3 is 60.8 Å². The molecule has 6 rings (SSSR count). The van der Waals surface area contributed by atoms with E-state index >= 15 is 0 Å². The summed E-state index contributed by atoms with van der Waals surface area (Å²) in [7, 11) is -0.796. The zero-order chi connectivity index (χ0) is 43.6. The van der Waals surface area contributed by atoms with E-state index in [9.17, 15) is 20.4 Å². The van der Waals surface area contributed by atoms with E-state index in [0.717, 1.165) is 38.8 Å². The summed E-state index contributed by atoms with van der Waals surface area (Å²) in [4.78, 5) is 38.2. The van der Waals surface area contributed by atoms with Gasteiger partial charge in [0.25, 0.3) is 0 Å². The number of nitrogen functional groups attached to an aromatic ring is 2. The van der Waals surface area contributed by atoms with Crippen LogP contribution in [-0.2, 0) is 29.5 Å². The number of nitrogens with zero attached hydrogens (tertiary/aromatic N) is 10. The van der Waals surface area contributed by atoms with Gasteiger partial charge in [0, 0.05) is 13.1 Å². The van der Waals surface area contributed by atoms with Crippen molar-refractivity contribution in [2.45, 2.75) is 88.6 Å². The van der Waals surface area contributed by atoms with E-state index in [1.807, 2.05) is 23.9 Å². The molecule has 26 nitrogen and oxygen atoms in total. The first-order chi connectivity index (χ1) is 27.9. The minimum Gasteiger partial charge on any atom is -0.387 e. The topological polar surface area (TPSA) is 390 Å². The molecule has 4 aromatic heterocycles. The average Bonchev–Trinajstić information content (AvgIpc) is 3.86. The standard InChI is InChI=1S/2C16H27N7O4.H2O4S/c2*1-9-21-11-14(17)19-8-20-15(11)23(9)16-13(25)12(24)10(27-16)7-22(2)5-3-4-6-26-18;1-5(2,3)4/h2*8,10,12-13,16,24-25H,3-7,18H2,1-2H3,(H2,17,19,20);(H2,1,2,3,4)/t2*10-,12-,13-,16-;/m11./s1. The highest BCUT2D eigenvalue weighted by Gasteiger charge is 2.46. The molecule has 14 N–H and O–H groups in total. The second-order valence-electron chi connectivity index (χ2n) is 14.1. The van der Waals surface area contributed by atoms with Crippen LogP contribution in [0.15, 0.2) is 12.7 Å². The third-order valence-corrected chi connectivity index (χ3v) is 9.63. The fourth-order valence-corrected chi connectivity index (χ4v) is 6.80. The Balaban J connectivity index is 0.000000234. The number of likely N-dealkylation sites (N-methyl/N-ethyl adjacent to an activating group) is 2. The normalized spacial score (nSPS) is 24.5. The summed E-state index contributed by atoms with van der Waals surface area (Å²) in [5.74, 6) is 11.7. The van der Waals surface area contributed by atoms with Gasteiger partial charge in [0.15, 0.2) is 46.4 Å². The second-order valence-corrected chi connectivity index (χ2v) is 15.0. The summed E-state index contributed by atoms with van der Waals surface area (Å²) in [6.45, 7) is 7.10. The van der Waals surface area contributed by atoms with E-state index < -0.39 is 59.5 Å². The van der Waals surface area contributed by atoms with Crippen LogP contribution in [0.2, 0.25) is 0 Å². The molecule has 2 aliphatic heterocycles. The summed E-state index contributed by atoms with van der Waals surface area (Å²) in [6.07, 6.45) is -0.784. The number of aromatic nitrogens is 8. The van der Waals surface area contributed by atoms with Gasteiger partial charge in [0.05, 0.1) is 13.2 Å². The van der Waals surface area contributed by atoms with E-state index in [4.69, 9.17) is 50.3 Å². The van der Waals surface area contributed by atoms with E-state index in [0.29, 0.717) is 60.3 Å². The molecule has 0 amide bonds. The van der Waals surface area contributed by atoms with Gasteiger partial charge in [-0.3, -0.25) is 18.2 Å². The third kappa shape index (κ3) is 12.6. The van der Waals surface area contributed by atoms with Crippen LogP contribution >= 0.6 is 0 Å². The van der Waals surface area contributed by atoms with Crippen molar-refractivity contribution in [2.75, 3.05) is 65.0 Å². The lowest BCUT2D eigenvalue weighted by Crippen LogP contribution is -2.38. The van der Waals surface area contributed by atoms with Gasteiger partial charge in [-0.25, -0.2) is 41.7 Å². The van der Waals surface area contributed by atoms with Crippen LogP contribution in [0.5, 0.6) is 0 Å². The van der Waals surface area contributed by atoms with Crippen LogP contribution in [0.3, 0.4) is 0 Å². The lowest BCUT2D eigenvalue weighted by molar-refractivity contribution is -0.0433. The van der Waals surface area contributed by atoms with Gasteiger partial charge in [0.1, 0.15) is 60.9 Å². The number of hydrogen-bond acceptors (Lipinski definition) is 22. The summed E-state index contributed by atoms with van der Waals surface area (Å²) in [6, 6.07) is 0. The number of aliphatic hydroxyl groups excluding tert-OH is 4. The molecule has 0 spiro atoms. The predicted molar refractivity (Wildman–Crippen MR) is 209 cm³/mol. The van der Waals surface area contributed by atoms with E-state index in [2.05, 4.69) is 39.6 Å². The molecule has 0 bridgehead atoms. The maximum Gasteiger partial charge on any atom is 0.394 e. The first-order valence-electron chi connectivity index (χ1n) is 18.5. The van der Waals surface area contributed by atoms with Crippen LogP contribution in [-0.4, -0.2) is 177 Å². The molecule has 8 atom stereocenters. The molecular formula is C32H56N14O12S. The Labute approximate surface area is 339 Å². The lowest BCUT2D eigenvalue weighted by atomic mass is 10.1. The van der Waals surface area contributed by atoms with E-state index in [1.54, 1.807) is 23.0 Å². The predicted octanol–water partition coefficient (Wildman–Crippen LogP) is -2.78. The largest absolute Gasteiger partial charge is 0.394 e. The number of aryl methyl sites for hydroxylation is 2. The average molecular weight is 861 g/mol. The molecule has 2 fully saturated rings. The second kappa shape index (κ2) is 21.6. The Morgan fingerprint density at radius 3 is 1.37 bits per heavy atom. The Bertz CT molecular complexity index is 1910. The van der Waals surface area contributed by atoms with E-state index in [-0.39, 0.29) is 11.6 Å². The molecule has 0 radical (unpaired) electrons. The molecule has 0 saturated carbocycles. The maximum absolute atomic E-state index is 10.6. The van der Waals surface area contributed by atoms with Gasteiger partial charge in [-0.15, -0.1) is 0 Å². The van der Waals surface area contributed by atoms with Crippen molar-refractivity contribution in [3.63, 3.8) is 0 Å². The van der Waals surface area contributed by atoms with Crippen molar-refractivity contribution >= 4 is 44.4 Å². The molecule has 0 unspecified atom stereocenters. The number of aliphatic hydroxyl groups is 4. The van der Waals surface area contributed by atoms with Gasteiger partial charge in [-0.1, -0.05) is 0 Å². The van der Waals surface area contributed by atoms with Crippen molar-refractivity contribution in [3.05, 3.63) is 24.3 Å². The molecule has 6 heterocycles. The highest BCUT2D eigenvalue weighted by atomic mass is 32.3. The van der Waals surface area contributed by atoms with Crippen molar-refractivity contribution in [1.82, 2.24) is 48.8 Å². The first kappa shape index (κ1) is 47.8. The number of unbranched alkanes of at least 4 members (excludes halogenated alkanes) is 2. The Morgan fingerprint density at radius 1 is 0.678 bits per heavy atom. The fourth-order valence-electron chi connectivity index (χ4n) is 6.80. The van der Waals surface area contributed by atoms with Crippen LogP contribution in [0.1, 0.15) is 49.8 Å². The molecule has 0 aromatic carbocycles. The monoisotopic (exact) mass is 860 g/mol. The summed E-state index contributed by atoms with van der Waals surface area (Å²) < 4.78 is 46.9. The number of anilines is 2. The van der Waals surface area contributed by atoms with Crippen molar-refractivity contribution < 1.29 is 57.1 Å². The number of nitrogens with two attached hydrogens (primary N) is 4. The van der Waals surface area contributed by atoms with E-state index in [1.165, 1.54) is 12.7 Å². The quantitative estimate of drug-likeness (QED) is 0.0309. The minimum absolute atomic E-state index is 0.257. The zero-order valence-corrected chi connectivity index (χ0v) is 34.0. The van der Waals surface area contributed by atoms with Crippen LogP contribution in [0.25, 0.3) is 22.3 Å². The molecule has 59 heavy (non-hydrogen) atoms. The summed E-state index contributed by atoms with van der Waals surface area (Å²) >= 11 is 0. The number of hydrogen-bond donors (Lipinski definition) is 10. The van der Waals surface area contributed by atoms with Crippen molar-refractivity contribution in [3.8, 4) is 0 Å². The molecular weight excluding hydrogens is 805 g/mol. The Kier molecular flexibility index (Phi) is 17.5. The molecule has 2 aliphatic rings. The van der Waals surface area contributed by atoms with Crippen LogP contribution in [0, 0.1) is 13.8 Å². The zero-order valence-electron chi connectivity index (χ0n) is 33.2. The smallest absolute Gasteiger partial charge is 0.387 e. The SMILES string of the molecule is Cc1nc2c(N)ncnc2n1[C@@H]1O[C@H](CN(C)CCCCON)[C@@H](O)[C@H]1O.Cc1nc2c(N)ncnc2n1[C@@H]1O[C@H](CN(C)CCCCON)[C@@H](O)[C@H]1O.O=S(=O)(O)O. The third-order valence-electron chi connectivity index (χ3n) is 9.63. The number of ether oxygens (including phenoxy) is 2.